The van der Waals surface area contributed by atoms with Gasteiger partial charge < -0.3 is 16.0 Å². The Bertz CT molecular complexity index is 469. The van der Waals surface area contributed by atoms with E-state index in [2.05, 4.69) is 10.6 Å². The first-order valence-corrected chi connectivity index (χ1v) is 7.10. The zero-order valence-corrected chi connectivity index (χ0v) is 11.4. The van der Waals surface area contributed by atoms with Crippen molar-refractivity contribution in [3.8, 4) is 0 Å². The number of nitrogens with one attached hydrogen (secondary N) is 2. The van der Waals surface area contributed by atoms with E-state index in [0.717, 1.165) is 19.3 Å². The summed E-state index contributed by atoms with van der Waals surface area (Å²) in [6, 6.07) is -0.471. The Balaban J connectivity index is 1.64. The molecule has 1 aliphatic carbocycles. The maximum absolute atomic E-state index is 12.4. The second-order valence-corrected chi connectivity index (χ2v) is 6.29. The summed E-state index contributed by atoms with van der Waals surface area (Å²) in [5, 5.41) is 4.89. The second kappa shape index (κ2) is 4.44. The number of amides is 4. The van der Waals surface area contributed by atoms with Gasteiger partial charge in [-0.2, -0.15) is 0 Å². The van der Waals surface area contributed by atoms with Crippen molar-refractivity contribution in [3.05, 3.63) is 0 Å². The minimum Gasteiger partial charge on any atom is -0.340 e. The number of urea groups is 1. The average molecular weight is 280 g/mol. The Kier molecular flexibility index (Phi) is 2.97. The Labute approximate surface area is 117 Å². The van der Waals surface area contributed by atoms with E-state index in [-0.39, 0.29) is 23.8 Å². The molecule has 0 aromatic rings. The van der Waals surface area contributed by atoms with Crippen LogP contribution in [-0.4, -0.2) is 47.9 Å². The molecule has 0 aromatic heterocycles. The van der Waals surface area contributed by atoms with Gasteiger partial charge in [-0.3, -0.25) is 14.9 Å². The molecule has 0 aromatic carbocycles. The molecule has 1 atom stereocenters. The molecule has 3 fully saturated rings. The van der Waals surface area contributed by atoms with Crippen molar-refractivity contribution < 1.29 is 14.4 Å². The summed E-state index contributed by atoms with van der Waals surface area (Å²) in [5.74, 6) is -0.282. The molecule has 1 spiro atoms. The van der Waals surface area contributed by atoms with Gasteiger partial charge in [-0.05, 0) is 31.2 Å². The molecule has 7 nitrogen and oxygen atoms in total. The van der Waals surface area contributed by atoms with E-state index >= 15 is 0 Å². The lowest BCUT2D eigenvalue weighted by Gasteiger charge is -2.41. The first-order chi connectivity index (χ1) is 9.49. The van der Waals surface area contributed by atoms with Crippen LogP contribution in [0.2, 0.25) is 0 Å². The summed E-state index contributed by atoms with van der Waals surface area (Å²) >= 11 is 0. The molecule has 7 heteroatoms. The van der Waals surface area contributed by atoms with Gasteiger partial charge in [-0.25, -0.2) is 4.79 Å². The van der Waals surface area contributed by atoms with Gasteiger partial charge in [-0.1, -0.05) is 6.42 Å². The van der Waals surface area contributed by atoms with Gasteiger partial charge in [-0.15, -0.1) is 0 Å². The van der Waals surface area contributed by atoms with Gasteiger partial charge in [0.1, 0.15) is 5.54 Å². The van der Waals surface area contributed by atoms with Gasteiger partial charge in [0.05, 0.1) is 6.54 Å². The number of nitrogens with zero attached hydrogens (tertiary/aromatic N) is 1. The van der Waals surface area contributed by atoms with Gasteiger partial charge in [0.2, 0.25) is 5.91 Å². The highest BCUT2D eigenvalue weighted by molar-refractivity contribution is 6.07. The fourth-order valence-electron chi connectivity index (χ4n) is 3.40. The fraction of sp³-hybridized carbons (Fsp3) is 0.769. The SMILES string of the molecule is NCC1(CC(=O)N2CCC3(C2)NC(=O)NC3=O)CCC1. The summed E-state index contributed by atoms with van der Waals surface area (Å²) in [5.41, 5.74) is 4.83. The number of rotatable bonds is 3. The minimum atomic E-state index is -0.914. The van der Waals surface area contributed by atoms with Crippen molar-refractivity contribution in [3.63, 3.8) is 0 Å². The maximum atomic E-state index is 12.4. The molecule has 3 rings (SSSR count). The predicted molar refractivity (Wildman–Crippen MR) is 70.6 cm³/mol. The normalized spacial score (nSPS) is 31.1. The summed E-state index contributed by atoms with van der Waals surface area (Å²) in [6.07, 6.45) is 4.07. The third-order valence-electron chi connectivity index (χ3n) is 5.01. The van der Waals surface area contributed by atoms with E-state index in [1.165, 1.54) is 0 Å². The van der Waals surface area contributed by atoms with Crippen LogP contribution >= 0.6 is 0 Å². The van der Waals surface area contributed by atoms with Crippen LogP contribution in [0.15, 0.2) is 0 Å². The van der Waals surface area contributed by atoms with Crippen LogP contribution in [0, 0.1) is 5.41 Å². The topological polar surface area (TPSA) is 105 Å². The Morgan fingerprint density at radius 2 is 2.05 bits per heavy atom. The lowest BCUT2D eigenvalue weighted by molar-refractivity contribution is -0.134. The highest BCUT2D eigenvalue weighted by atomic mass is 16.2. The van der Waals surface area contributed by atoms with Gasteiger partial charge >= 0.3 is 6.03 Å². The third-order valence-corrected chi connectivity index (χ3v) is 5.01. The molecular weight excluding hydrogens is 260 g/mol. The molecule has 1 unspecified atom stereocenters. The van der Waals surface area contributed by atoms with E-state index in [9.17, 15) is 14.4 Å². The molecule has 4 N–H and O–H groups in total. The zero-order chi connectivity index (χ0) is 14.4. The van der Waals surface area contributed by atoms with Crippen molar-refractivity contribution in [2.45, 2.75) is 37.6 Å². The number of imide groups is 1. The summed E-state index contributed by atoms with van der Waals surface area (Å²) in [6.45, 7) is 1.31. The molecule has 0 bridgehead atoms. The van der Waals surface area contributed by atoms with E-state index in [4.69, 9.17) is 5.73 Å². The number of nitrogens with two attached hydrogens (primary N) is 1. The quantitative estimate of drug-likeness (QED) is 0.595. The van der Waals surface area contributed by atoms with E-state index in [1.54, 1.807) is 4.90 Å². The highest BCUT2D eigenvalue weighted by Gasteiger charge is 2.52. The van der Waals surface area contributed by atoms with Crippen LogP contribution in [0.4, 0.5) is 4.79 Å². The van der Waals surface area contributed by atoms with Crippen molar-refractivity contribution in [2.24, 2.45) is 11.1 Å². The number of carbonyl (C=O) groups is 3. The van der Waals surface area contributed by atoms with Crippen LogP contribution in [-0.2, 0) is 9.59 Å². The molecular formula is C13H20N4O3. The first kappa shape index (κ1) is 13.4. The molecule has 3 aliphatic rings. The van der Waals surface area contributed by atoms with Crippen molar-refractivity contribution >= 4 is 17.8 Å². The summed E-state index contributed by atoms with van der Waals surface area (Å²) in [7, 11) is 0. The molecule has 4 amide bonds. The zero-order valence-electron chi connectivity index (χ0n) is 11.4. The fourth-order valence-corrected chi connectivity index (χ4v) is 3.40. The second-order valence-electron chi connectivity index (χ2n) is 6.29. The van der Waals surface area contributed by atoms with Crippen LogP contribution in [0.5, 0.6) is 0 Å². The van der Waals surface area contributed by atoms with Gasteiger partial charge in [0, 0.05) is 13.0 Å². The lowest BCUT2D eigenvalue weighted by atomic mass is 9.66. The number of hydrogen-bond donors (Lipinski definition) is 3. The molecule has 110 valence electrons. The number of hydrogen-bond acceptors (Lipinski definition) is 4. The van der Waals surface area contributed by atoms with E-state index < -0.39 is 11.6 Å². The van der Waals surface area contributed by atoms with E-state index in [1.807, 2.05) is 0 Å². The van der Waals surface area contributed by atoms with E-state index in [0.29, 0.717) is 25.9 Å². The molecule has 20 heavy (non-hydrogen) atoms. The maximum Gasteiger partial charge on any atom is 0.322 e. The average Bonchev–Trinajstić information content (AvgIpc) is 2.89. The minimum absolute atomic E-state index is 0.0337. The highest BCUT2D eigenvalue weighted by Crippen LogP contribution is 2.43. The summed E-state index contributed by atoms with van der Waals surface area (Å²) in [4.78, 5) is 37.1. The Hall–Kier alpha value is -1.63. The van der Waals surface area contributed by atoms with Crippen LogP contribution < -0.4 is 16.4 Å². The first-order valence-electron chi connectivity index (χ1n) is 7.10. The molecule has 1 saturated carbocycles. The monoisotopic (exact) mass is 280 g/mol. The standard InChI is InChI=1S/C13H20N4O3/c14-7-12(2-1-3-12)6-9(18)17-5-4-13(8-17)10(19)15-11(20)16-13/h1-8,14H2,(H2,15,16,19,20). The Morgan fingerprint density at radius 3 is 2.55 bits per heavy atom. The van der Waals surface area contributed by atoms with Gasteiger partial charge in [0.25, 0.3) is 5.91 Å². The lowest BCUT2D eigenvalue weighted by Crippen LogP contribution is -2.50. The predicted octanol–water partition coefficient (Wildman–Crippen LogP) is -0.684. The molecule has 0 radical (unpaired) electrons. The molecule has 2 heterocycles. The molecule has 2 aliphatic heterocycles. The largest absolute Gasteiger partial charge is 0.340 e. The van der Waals surface area contributed by atoms with Crippen molar-refractivity contribution in [1.29, 1.82) is 0 Å². The van der Waals surface area contributed by atoms with Gasteiger partial charge in [0.15, 0.2) is 0 Å². The molecule has 2 saturated heterocycles. The number of likely N-dealkylation sites (tertiary alicyclic amines) is 1. The van der Waals surface area contributed by atoms with Crippen LogP contribution in [0.1, 0.15) is 32.1 Å². The van der Waals surface area contributed by atoms with Crippen molar-refractivity contribution in [1.82, 2.24) is 15.5 Å². The third kappa shape index (κ3) is 1.96. The smallest absolute Gasteiger partial charge is 0.322 e. The van der Waals surface area contributed by atoms with Crippen LogP contribution in [0.25, 0.3) is 0 Å². The summed E-state index contributed by atoms with van der Waals surface area (Å²) < 4.78 is 0. The van der Waals surface area contributed by atoms with Crippen molar-refractivity contribution in [2.75, 3.05) is 19.6 Å². The Morgan fingerprint density at radius 1 is 1.30 bits per heavy atom. The van der Waals surface area contributed by atoms with Crippen LogP contribution in [0.3, 0.4) is 0 Å². The number of carbonyl (C=O) groups excluding carboxylic acids is 3.